The fourth-order valence-electron chi connectivity index (χ4n) is 3.78. The van der Waals surface area contributed by atoms with Crippen LogP contribution in [0.2, 0.25) is 5.02 Å². The van der Waals surface area contributed by atoms with Crippen molar-refractivity contribution < 1.29 is 26.4 Å². The first kappa shape index (κ1) is 23.4. The van der Waals surface area contributed by atoms with Gasteiger partial charge in [-0.1, -0.05) is 17.7 Å². The third kappa shape index (κ3) is 5.25. The SMILES string of the molecule is O=C(CCC1=NS(=O)(=O)c2ccc(C(F)(F)F)cc2N1)N1CCN(c2cccc(Cl)c2)CC1. The minimum atomic E-state index is -4.61. The van der Waals surface area contributed by atoms with Gasteiger partial charge < -0.3 is 15.1 Å². The van der Waals surface area contributed by atoms with Gasteiger partial charge in [-0.3, -0.25) is 4.79 Å². The summed E-state index contributed by atoms with van der Waals surface area (Å²) in [6, 6.07) is 9.76. The van der Waals surface area contributed by atoms with Crippen molar-refractivity contribution in [1.82, 2.24) is 4.90 Å². The Labute approximate surface area is 193 Å². The Bertz CT molecular complexity index is 1210. The van der Waals surface area contributed by atoms with E-state index in [1.165, 1.54) is 0 Å². The maximum atomic E-state index is 13.0. The third-order valence-corrected chi connectivity index (χ3v) is 7.08. The van der Waals surface area contributed by atoms with Gasteiger partial charge in [0.1, 0.15) is 10.7 Å². The highest BCUT2D eigenvalue weighted by Gasteiger charge is 2.34. The lowest BCUT2D eigenvalue weighted by atomic mass is 10.1. The summed E-state index contributed by atoms with van der Waals surface area (Å²) in [5.41, 5.74) is -0.200. The number of hydrogen-bond donors (Lipinski definition) is 1. The molecule has 12 heteroatoms. The lowest BCUT2D eigenvalue weighted by Crippen LogP contribution is -2.48. The van der Waals surface area contributed by atoms with Crippen LogP contribution in [0.1, 0.15) is 18.4 Å². The molecular formula is C21H20ClF3N4O3S. The summed E-state index contributed by atoms with van der Waals surface area (Å²) in [6.45, 7) is 2.21. The van der Waals surface area contributed by atoms with Crippen molar-refractivity contribution >= 4 is 44.7 Å². The molecule has 2 aromatic rings. The number of sulfonamides is 1. The summed E-state index contributed by atoms with van der Waals surface area (Å²) in [7, 11) is -4.15. The van der Waals surface area contributed by atoms with Crippen molar-refractivity contribution in [2.45, 2.75) is 23.9 Å². The second-order valence-electron chi connectivity index (χ2n) is 7.69. The van der Waals surface area contributed by atoms with Crippen LogP contribution in [0.4, 0.5) is 24.5 Å². The Kier molecular flexibility index (Phi) is 6.28. The van der Waals surface area contributed by atoms with E-state index in [0.29, 0.717) is 37.3 Å². The predicted molar refractivity (Wildman–Crippen MR) is 119 cm³/mol. The number of fused-ring (bicyclic) bond motifs is 1. The second kappa shape index (κ2) is 8.86. The van der Waals surface area contributed by atoms with Gasteiger partial charge in [-0.2, -0.15) is 21.6 Å². The molecule has 0 bridgehead atoms. The van der Waals surface area contributed by atoms with E-state index in [2.05, 4.69) is 14.6 Å². The van der Waals surface area contributed by atoms with Crippen LogP contribution in [-0.4, -0.2) is 51.2 Å². The topological polar surface area (TPSA) is 82.1 Å². The van der Waals surface area contributed by atoms with Crippen molar-refractivity contribution in [1.29, 1.82) is 0 Å². The van der Waals surface area contributed by atoms with E-state index in [9.17, 15) is 26.4 Å². The number of benzene rings is 2. The third-order valence-electron chi connectivity index (χ3n) is 5.48. The van der Waals surface area contributed by atoms with E-state index >= 15 is 0 Å². The number of nitrogens with zero attached hydrogens (tertiary/aromatic N) is 3. The highest BCUT2D eigenvalue weighted by Crippen LogP contribution is 2.35. The number of halogens is 4. The molecule has 0 atom stereocenters. The van der Waals surface area contributed by atoms with Crippen molar-refractivity contribution in [2.24, 2.45) is 4.40 Å². The Hall–Kier alpha value is -2.79. The van der Waals surface area contributed by atoms with Crippen molar-refractivity contribution in [2.75, 3.05) is 36.4 Å². The normalized spacial score (nSPS) is 17.8. The summed E-state index contributed by atoms with van der Waals surface area (Å²) in [6.07, 6.45) is -4.67. The van der Waals surface area contributed by atoms with Gasteiger partial charge in [0.25, 0.3) is 10.0 Å². The first-order valence-corrected chi connectivity index (χ1v) is 12.0. The molecule has 1 N–H and O–H groups in total. The fourth-order valence-corrected chi connectivity index (χ4v) is 5.12. The van der Waals surface area contributed by atoms with Crippen LogP contribution in [0.25, 0.3) is 0 Å². The van der Waals surface area contributed by atoms with Gasteiger partial charge in [-0.05, 0) is 36.4 Å². The molecule has 0 aromatic heterocycles. The highest BCUT2D eigenvalue weighted by molar-refractivity contribution is 7.90. The number of nitrogens with one attached hydrogen (secondary N) is 1. The molecule has 0 spiro atoms. The minimum Gasteiger partial charge on any atom is -0.368 e. The monoisotopic (exact) mass is 500 g/mol. The molecule has 1 saturated heterocycles. The molecule has 0 unspecified atom stereocenters. The second-order valence-corrected chi connectivity index (χ2v) is 9.70. The number of amidine groups is 1. The Morgan fingerprint density at radius 2 is 1.82 bits per heavy atom. The average Bonchev–Trinajstić information content (AvgIpc) is 2.76. The summed E-state index contributed by atoms with van der Waals surface area (Å²) in [4.78, 5) is 16.1. The van der Waals surface area contributed by atoms with E-state index in [-0.39, 0.29) is 35.2 Å². The number of anilines is 2. The van der Waals surface area contributed by atoms with Crippen molar-refractivity contribution in [3.63, 3.8) is 0 Å². The van der Waals surface area contributed by atoms with Crippen LogP contribution in [0, 0.1) is 0 Å². The number of amides is 1. The van der Waals surface area contributed by atoms with Crippen LogP contribution in [-0.2, 0) is 21.0 Å². The van der Waals surface area contributed by atoms with Crippen LogP contribution >= 0.6 is 11.6 Å². The molecule has 0 aliphatic carbocycles. The molecule has 4 rings (SSSR count). The number of hydrogen-bond acceptors (Lipinski definition) is 5. The molecule has 1 amide bonds. The maximum absolute atomic E-state index is 13.0. The summed E-state index contributed by atoms with van der Waals surface area (Å²) < 4.78 is 67.3. The smallest absolute Gasteiger partial charge is 0.368 e. The molecule has 2 aliphatic heterocycles. The molecule has 2 heterocycles. The molecular weight excluding hydrogens is 481 g/mol. The standard InChI is InChI=1S/C21H20ClF3N4O3S/c22-15-2-1-3-16(13-15)28-8-10-29(11-9-28)20(30)7-6-19-26-17-12-14(21(23,24)25)4-5-18(17)33(31,32)27-19/h1-5,12-13H,6-11H2,(H,26,27). The molecule has 1 fully saturated rings. The Morgan fingerprint density at radius 1 is 1.09 bits per heavy atom. The van der Waals surface area contributed by atoms with Crippen molar-refractivity contribution in [3.8, 4) is 0 Å². The summed E-state index contributed by atoms with van der Waals surface area (Å²) in [5.74, 6) is -0.245. The van der Waals surface area contributed by atoms with Gasteiger partial charge in [0.2, 0.25) is 5.91 Å². The number of carbonyl (C=O) groups is 1. The zero-order chi connectivity index (χ0) is 23.8. The number of rotatable bonds is 4. The van der Waals surface area contributed by atoms with E-state index < -0.39 is 21.8 Å². The predicted octanol–water partition coefficient (Wildman–Crippen LogP) is 4.00. The van der Waals surface area contributed by atoms with Crippen LogP contribution in [0.15, 0.2) is 51.8 Å². The maximum Gasteiger partial charge on any atom is 0.416 e. The Morgan fingerprint density at radius 3 is 2.48 bits per heavy atom. The zero-order valence-corrected chi connectivity index (χ0v) is 18.8. The summed E-state index contributed by atoms with van der Waals surface area (Å²) >= 11 is 6.03. The molecule has 176 valence electrons. The molecule has 0 radical (unpaired) electrons. The average molecular weight is 501 g/mol. The Balaban J connectivity index is 1.37. The molecule has 0 saturated carbocycles. The minimum absolute atomic E-state index is 0.0210. The lowest BCUT2D eigenvalue weighted by molar-refractivity contribution is -0.137. The fraction of sp³-hybridized carbons (Fsp3) is 0.333. The quantitative estimate of drug-likeness (QED) is 0.686. The number of piperazine rings is 1. The molecule has 2 aromatic carbocycles. The molecule has 2 aliphatic rings. The van der Waals surface area contributed by atoms with Crippen LogP contribution < -0.4 is 10.2 Å². The number of carbonyl (C=O) groups excluding carboxylic acids is 1. The van der Waals surface area contributed by atoms with Gasteiger partial charge in [-0.25, -0.2) is 0 Å². The first-order valence-electron chi connectivity index (χ1n) is 10.1. The van der Waals surface area contributed by atoms with Gasteiger partial charge in [-0.15, -0.1) is 4.40 Å². The van der Waals surface area contributed by atoms with E-state index in [0.717, 1.165) is 17.8 Å². The largest absolute Gasteiger partial charge is 0.416 e. The van der Waals surface area contributed by atoms with E-state index in [1.807, 2.05) is 18.2 Å². The van der Waals surface area contributed by atoms with Crippen LogP contribution in [0.5, 0.6) is 0 Å². The van der Waals surface area contributed by atoms with Gasteiger partial charge in [0.05, 0.1) is 11.3 Å². The zero-order valence-electron chi connectivity index (χ0n) is 17.3. The van der Waals surface area contributed by atoms with Crippen LogP contribution in [0.3, 0.4) is 0 Å². The summed E-state index contributed by atoms with van der Waals surface area (Å²) in [5, 5.41) is 3.27. The molecule has 7 nitrogen and oxygen atoms in total. The van der Waals surface area contributed by atoms with Gasteiger partial charge in [0.15, 0.2) is 0 Å². The van der Waals surface area contributed by atoms with E-state index in [1.54, 1.807) is 11.0 Å². The van der Waals surface area contributed by atoms with Gasteiger partial charge >= 0.3 is 6.18 Å². The number of alkyl halides is 3. The van der Waals surface area contributed by atoms with Crippen molar-refractivity contribution in [3.05, 3.63) is 53.1 Å². The van der Waals surface area contributed by atoms with Gasteiger partial charge in [0, 0.05) is 49.7 Å². The lowest BCUT2D eigenvalue weighted by Gasteiger charge is -2.36. The first-order chi connectivity index (χ1) is 15.5. The highest BCUT2D eigenvalue weighted by atomic mass is 35.5. The molecule has 33 heavy (non-hydrogen) atoms. The van der Waals surface area contributed by atoms with E-state index in [4.69, 9.17) is 11.6 Å².